The molecule has 2 aromatic carbocycles. The molecule has 1 fully saturated rings. The van der Waals surface area contributed by atoms with Crippen LogP contribution in [0.25, 0.3) is 10.8 Å². The fourth-order valence-corrected chi connectivity index (χ4v) is 3.84. The summed E-state index contributed by atoms with van der Waals surface area (Å²) < 4.78 is 18.2. The smallest absolute Gasteiger partial charge is 0.311 e. The number of H-pyrrole nitrogens is 1. The first-order valence-corrected chi connectivity index (χ1v) is 9.09. The van der Waals surface area contributed by atoms with Crippen molar-refractivity contribution in [1.29, 1.82) is 0 Å². The topological polar surface area (TPSA) is 92.4 Å². The van der Waals surface area contributed by atoms with Crippen molar-refractivity contribution in [2.24, 2.45) is 5.92 Å². The molecule has 0 aliphatic carbocycles. The zero-order chi connectivity index (χ0) is 20.5. The lowest BCUT2D eigenvalue weighted by atomic mass is 9.89. The molecule has 1 aliphatic rings. The van der Waals surface area contributed by atoms with Gasteiger partial charge in [0.15, 0.2) is 5.69 Å². The Morgan fingerprint density at radius 2 is 1.79 bits per heavy atom. The molecule has 8 heteroatoms. The molecule has 1 aromatic heterocycles. The summed E-state index contributed by atoms with van der Waals surface area (Å²) in [6.45, 7) is 0.391. The van der Waals surface area contributed by atoms with Gasteiger partial charge in [0, 0.05) is 24.4 Å². The summed E-state index contributed by atoms with van der Waals surface area (Å²) >= 11 is 0. The van der Waals surface area contributed by atoms with Gasteiger partial charge in [0.2, 0.25) is 0 Å². The van der Waals surface area contributed by atoms with Gasteiger partial charge >= 0.3 is 5.97 Å². The van der Waals surface area contributed by atoms with Gasteiger partial charge in [-0.05, 0) is 23.8 Å². The number of methoxy groups -OCH3 is 1. The number of nitrogens with one attached hydrogen (secondary N) is 1. The summed E-state index contributed by atoms with van der Waals surface area (Å²) in [4.78, 5) is 39.0. The zero-order valence-corrected chi connectivity index (χ0v) is 15.6. The van der Waals surface area contributed by atoms with Gasteiger partial charge in [0.1, 0.15) is 5.82 Å². The number of carbonyl (C=O) groups excluding carboxylic acids is 2. The number of fused-ring (bicyclic) bond motifs is 1. The Morgan fingerprint density at radius 1 is 1.10 bits per heavy atom. The molecule has 4 rings (SSSR count). The highest BCUT2D eigenvalue weighted by molar-refractivity contribution is 6.05. The van der Waals surface area contributed by atoms with Crippen LogP contribution >= 0.6 is 0 Å². The van der Waals surface area contributed by atoms with E-state index in [9.17, 15) is 18.8 Å². The third kappa shape index (κ3) is 3.37. The predicted octanol–water partition coefficient (Wildman–Crippen LogP) is 2.09. The fraction of sp³-hybridized carbons (Fsp3) is 0.238. The number of nitrogens with zero attached hydrogens (tertiary/aromatic N) is 2. The van der Waals surface area contributed by atoms with Crippen molar-refractivity contribution in [3.05, 3.63) is 76.0 Å². The maximum Gasteiger partial charge on any atom is 0.311 e. The number of carbonyl (C=O) groups is 2. The Bertz CT molecular complexity index is 1140. The van der Waals surface area contributed by atoms with Gasteiger partial charge in [0.05, 0.1) is 18.4 Å². The number of ether oxygens (including phenoxy) is 1. The Labute approximate surface area is 165 Å². The van der Waals surface area contributed by atoms with E-state index in [4.69, 9.17) is 4.74 Å². The van der Waals surface area contributed by atoms with Crippen LogP contribution in [0.4, 0.5) is 4.39 Å². The number of benzene rings is 2. The van der Waals surface area contributed by atoms with Crippen molar-refractivity contribution in [2.45, 2.75) is 5.92 Å². The average molecular weight is 395 g/mol. The van der Waals surface area contributed by atoms with Crippen LogP contribution in [0.1, 0.15) is 22.0 Å². The Morgan fingerprint density at radius 3 is 2.48 bits per heavy atom. The second-order valence-corrected chi connectivity index (χ2v) is 6.94. The Hall–Kier alpha value is -3.55. The first-order chi connectivity index (χ1) is 14.0. The van der Waals surface area contributed by atoms with Crippen LogP contribution < -0.4 is 5.56 Å². The minimum absolute atomic E-state index is 0.114. The molecule has 0 saturated carbocycles. The highest BCUT2D eigenvalue weighted by atomic mass is 19.1. The van der Waals surface area contributed by atoms with Crippen LogP contribution in [-0.2, 0) is 9.53 Å². The van der Waals surface area contributed by atoms with E-state index in [1.165, 1.54) is 24.1 Å². The Kier molecular flexibility index (Phi) is 4.84. The van der Waals surface area contributed by atoms with Gasteiger partial charge in [-0.25, -0.2) is 9.49 Å². The molecular formula is C21H18FN3O4. The number of likely N-dealkylation sites (tertiary alicyclic amines) is 1. The average Bonchev–Trinajstić information content (AvgIpc) is 3.19. The number of amides is 1. The number of hydrogen-bond acceptors (Lipinski definition) is 5. The number of hydrogen-bond donors (Lipinski definition) is 1. The number of rotatable bonds is 3. The summed E-state index contributed by atoms with van der Waals surface area (Å²) in [5.74, 6) is -2.12. The van der Waals surface area contributed by atoms with E-state index in [0.717, 1.165) is 5.56 Å². The lowest BCUT2D eigenvalue weighted by molar-refractivity contribution is -0.145. The molecule has 0 bridgehead atoms. The molecule has 1 aliphatic heterocycles. The lowest BCUT2D eigenvalue weighted by Gasteiger charge is -2.17. The molecule has 148 valence electrons. The third-order valence-corrected chi connectivity index (χ3v) is 5.31. The molecule has 0 unspecified atom stereocenters. The predicted molar refractivity (Wildman–Crippen MR) is 103 cm³/mol. The van der Waals surface area contributed by atoms with Crippen LogP contribution in [0, 0.1) is 11.7 Å². The van der Waals surface area contributed by atoms with Crippen molar-refractivity contribution in [2.75, 3.05) is 20.2 Å². The normalized spacial score (nSPS) is 18.8. The summed E-state index contributed by atoms with van der Waals surface area (Å²) in [7, 11) is 1.30. The minimum Gasteiger partial charge on any atom is -0.469 e. The highest BCUT2D eigenvalue weighted by Gasteiger charge is 2.42. The highest BCUT2D eigenvalue weighted by Crippen LogP contribution is 2.34. The fourth-order valence-electron chi connectivity index (χ4n) is 3.84. The first-order valence-electron chi connectivity index (χ1n) is 9.09. The van der Waals surface area contributed by atoms with Gasteiger partial charge in [-0.2, -0.15) is 5.10 Å². The maximum absolute atomic E-state index is 13.3. The van der Waals surface area contributed by atoms with Gasteiger partial charge in [-0.3, -0.25) is 14.4 Å². The van der Waals surface area contributed by atoms with Crippen LogP contribution in [0.3, 0.4) is 0 Å². The van der Waals surface area contributed by atoms with E-state index < -0.39 is 17.8 Å². The van der Waals surface area contributed by atoms with Gasteiger partial charge < -0.3 is 9.64 Å². The van der Waals surface area contributed by atoms with Crippen LogP contribution in [0.5, 0.6) is 0 Å². The quantitative estimate of drug-likeness (QED) is 0.686. The van der Waals surface area contributed by atoms with E-state index in [1.807, 2.05) is 0 Å². The van der Waals surface area contributed by atoms with Crippen molar-refractivity contribution in [3.63, 3.8) is 0 Å². The molecule has 7 nitrogen and oxygen atoms in total. The summed E-state index contributed by atoms with van der Waals surface area (Å²) in [5.41, 5.74) is 0.482. The number of esters is 1. The van der Waals surface area contributed by atoms with E-state index in [2.05, 4.69) is 10.2 Å². The molecule has 1 saturated heterocycles. The molecule has 0 spiro atoms. The molecule has 1 N–H and O–H groups in total. The van der Waals surface area contributed by atoms with Crippen molar-refractivity contribution < 1.29 is 18.7 Å². The summed E-state index contributed by atoms with van der Waals surface area (Å²) in [6, 6.07) is 12.6. The Balaban J connectivity index is 1.70. The van der Waals surface area contributed by atoms with Crippen LogP contribution in [0.2, 0.25) is 0 Å². The van der Waals surface area contributed by atoms with E-state index in [1.54, 1.807) is 36.4 Å². The molecule has 0 radical (unpaired) electrons. The number of halogens is 1. The molecule has 29 heavy (non-hydrogen) atoms. The lowest BCUT2D eigenvalue weighted by Crippen LogP contribution is -2.32. The van der Waals surface area contributed by atoms with Crippen LogP contribution in [-0.4, -0.2) is 47.2 Å². The standard InChI is InChI=1S/C21H18FN3O4/c1-29-21(28)17-11-25(10-16(17)12-6-8-13(22)9-7-12)20(27)18-14-4-2-3-5-15(14)19(26)24-23-18/h2-9,16-17H,10-11H2,1H3,(H,24,26)/t16-,17+/m1/s1. The van der Waals surface area contributed by atoms with Crippen molar-refractivity contribution in [3.8, 4) is 0 Å². The molecule has 2 heterocycles. The molecule has 3 aromatic rings. The minimum atomic E-state index is -0.580. The SMILES string of the molecule is COC(=O)[C@H]1CN(C(=O)c2n[nH]c(=O)c3ccccc23)C[C@@H]1c1ccc(F)cc1. The summed E-state index contributed by atoms with van der Waals surface area (Å²) in [5, 5.41) is 7.12. The second kappa shape index (κ2) is 7.46. The van der Waals surface area contributed by atoms with Crippen molar-refractivity contribution in [1.82, 2.24) is 15.1 Å². The van der Waals surface area contributed by atoms with Crippen LogP contribution in [0.15, 0.2) is 53.3 Å². The molecular weight excluding hydrogens is 377 g/mol. The van der Waals surface area contributed by atoms with Gasteiger partial charge in [-0.15, -0.1) is 0 Å². The zero-order valence-electron chi connectivity index (χ0n) is 15.6. The monoisotopic (exact) mass is 395 g/mol. The number of aromatic amines is 1. The van der Waals surface area contributed by atoms with Gasteiger partial charge in [0.25, 0.3) is 11.5 Å². The van der Waals surface area contributed by atoms with Gasteiger partial charge in [-0.1, -0.05) is 30.3 Å². The third-order valence-electron chi connectivity index (χ3n) is 5.31. The van der Waals surface area contributed by atoms with E-state index >= 15 is 0 Å². The maximum atomic E-state index is 13.3. The molecule has 1 amide bonds. The largest absolute Gasteiger partial charge is 0.469 e. The number of aromatic nitrogens is 2. The molecule has 2 atom stereocenters. The summed E-state index contributed by atoms with van der Waals surface area (Å²) in [6.07, 6.45) is 0. The van der Waals surface area contributed by atoms with Crippen molar-refractivity contribution >= 4 is 22.6 Å². The van der Waals surface area contributed by atoms with E-state index in [0.29, 0.717) is 10.8 Å². The second-order valence-electron chi connectivity index (χ2n) is 6.94. The first kappa shape index (κ1) is 18.8. The van der Waals surface area contributed by atoms with E-state index in [-0.39, 0.29) is 36.1 Å².